The molecule has 1 saturated heterocycles. The molecule has 1 aliphatic heterocycles. The number of amides is 1. The van der Waals surface area contributed by atoms with E-state index in [-0.39, 0.29) is 5.92 Å². The van der Waals surface area contributed by atoms with Crippen LogP contribution in [0.5, 0.6) is 0 Å². The van der Waals surface area contributed by atoms with Crippen LogP contribution in [0.3, 0.4) is 0 Å². The van der Waals surface area contributed by atoms with Gasteiger partial charge in [0.2, 0.25) is 5.91 Å². The van der Waals surface area contributed by atoms with Crippen molar-refractivity contribution in [3.8, 4) is 0 Å². The summed E-state index contributed by atoms with van der Waals surface area (Å²) in [5, 5.41) is 7.79. The molecule has 5 heteroatoms. The first kappa shape index (κ1) is 15.2. The molecule has 4 rings (SSSR count). The van der Waals surface area contributed by atoms with Gasteiger partial charge >= 0.3 is 0 Å². The van der Waals surface area contributed by atoms with Gasteiger partial charge in [0, 0.05) is 44.0 Å². The number of rotatable bonds is 4. The van der Waals surface area contributed by atoms with Gasteiger partial charge in [0.15, 0.2) is 0 Å². The van der Waals surface area contributed by atoms with Gasteiger partial charge in [-0.25, -0.2) is 0 Å². The molecule has 2 aromatic rings. The maximum absolute atomic E-state index is 12.7. The van der Waals surface area contributed by atoms with E-state index in [1.54, 1.807) is 0 Å². The number of hydrogen-bond donors (Lipinski definition) is 1. The van der Waals surface area contributed by atoms with E-state index in [1.807, 2.05) is 42.3 Å². The number of nitrogens with zero attached hydrogens (tertiary/aromatic N) is 3. The van der Waals surface area contributed by atoms with Crippen LogP contribution in [0.15, 0.2) is 42.7 Å². The second kappa shape index (κ2) is 6.30. The highest BCUT2D eigenvalue weighted by molar-refractivity contribution is 5.83. The number of nitrogens with one attached hydrogen (secondary N) is 1. The van der Waals surface area contributed by atoms with Gasteiger partial charge in [0.25, 0.3) is 0 Å². The molecule has 2 fully saturated rings. The zero-order valence-electron chi connectivity index (χ0n) is 14.1. The number of aryl methyl sites for hydroxylation is 1. The molecule has 24 heavy (non-hydrogen) atoms. The molecule has 1 aliphatic carbocycles. The number of aromatic nitrogens is 2. The summed E-state index contributed by atoms with van der Waals surface area (Å²) in [6.45, 7) is 1.72. The van der Waals surface area contributed by atoms with E-state index in [0.29, 0.717) is 17.9 Å². The Labute approximate surface area is 142 Å². The van der Waals surface area contributed by atoms with Crippen LogP contribution < -0.4 is 5.32 Å². The third kappa shape index (κ3) is 3.16. The van der Waals surface area contributed by atoms with Crippen LogP contribution in [-0.4, -0.2) is 39.7 Å². The average Bonchev–Trinajstić information content (AvgIpc) is 3.30. The summed E-state index contributed by atoms with van der Waals surface area (Å²) in [6.07, 6.45) is 6.95. The number of piperidine rings is 1. The summed E-state index contributed by atoms with van der Waals surface area (Å²) >= 11 is 0. The van der Waals surface area contributed by atoms with Crippen LogP contribution in [0, 0.1) is 5.92 Å². The van der Waals surface area contributed by atoms with E-state index in [9.17, 15) is 4.79 Å². The van der Waals surface area contributed by atoms with Gasteiger partial charge in [0.05, 0.1) is 6.20 Å². The minimum Gasteiger partial charge on any atom is -0.382 e. The quantitative estimate of drug-likeness (QED) is 0.940. The predicted octanol–water partition coefficient (Wildman–Crippen LogP) is 2.63. The molecule has 126 valence electrons. The van der Waals surface area contributed by atoms with Crippen LogP contribution in [0.2, 0.25) is 0 Å². The topological polar surface area (TPSA) is 50.2 Å². The Morgan fingerprint density at radius 3 is 2.62 bits per heavy atom. The molecule has 1 aromatic carbocycles. The van der Waals surface area contributed by atoms with Crippen molar-refractivity contribution in [2.45, 2.75) is 31.2 Å². The average molecular weight is 324 g/mol. The van der Waals surface area contributed by atoms with Crippen molar-refractivity contribution in [2.24, 2.45) is 13.0 Å². The lowest BCUT2D eigenvalue weighted by Crippen LogP contribution is -2.43. The first-order chi connectivity index (χ1) is 11.7. The van der Waals surface area contributed by atoms with E-state index in [4.69, 9.17) is 0 Å². The molecule has 0 radical (unpaired) electrons. The SMILES string of the molecule is Cn1cc([C@H]2C[C@@H]2C(=O)N2CCC(Nc3ccccc3)CC2)cn1. The van der Waals surface area contributed by atoms with Crippen molar-refractivity contribution in [1.82, 2.24) is 14.7 Å². The highest BCUT2D eigenvalue weighted by Crippen LogP contribution is 2.48. The lowest BCUT2D eigenvalue weighted by atomic mass is 10.0. The Balaban J connectivity index is 1.28. The number of carbonyl (C=O) groups is 1. The third-order valence-corrected chi connectivity index (χ3v) is 5.21. The molecule has 0 unspecified atom stereocenters. The number of carbonyl (C=O) groups excluding carboxylic acids is 1. The Kier molecular flexibility index (Phi) is 4.00. The predicted molar refractivity (Wildman–Crippen MR) is 93.7 cm³/mol. The maximum Gasteiger partial charge on any atom is 0.226 e. The molecule has 1 saturated carbocycles. The highest BCUT2D eigenvalue weighted by atomic mass is 16.2. The number of anilines is 1. The smallest absolute Gasteiger partial charge is 0.226 e. The van der Waals surface area contributed by atoms with Crippen molar-refractivity contribution >= 4 is 11.6 Å². The molecule has 5 nitrogen and oxygen atoms in total. The van der Waals surface area contributed by atoms with Crippen LogP contribution >= 0.6 is 0 Å². The van der Waals surface area contributed by atoms with Crippen molar-refractivity contribution in [3.63, 3.8) is 0 Å². The van der Waals surface area contributed by atoms with Crippen molar-refractivity contribution < 1.29 is 4.79 Å². The molecular weight excluding hydrogens is 300 g/mol. The van der Waals surface area contributed by atoms with Crippen molar-refractivity contribution in [2.75, 3.05) is 18.4 Å². The summed E-state index contributed by atoms with van der Waals surface area (Å²) < 4.78 is 1.82. The summed E-state index contributed by atoms with van der Waals surface area (Å²) in [6, 6.07) is 10.8. The normalized spacial score (nSPS) is 24.0. The summed E-state index contributed by atoms with van der Waals surface area (Å²) in [7, 11) is 1.92. The van der Waals surface area contributed by atoms with E-state index in [1.165, 1.54) is 11.3 Å². The molecule has 1 amide bonds. The first-order valence-corrected chi connectivity index (χ1v) is 8.79. The minimum atomic E-state index is 0.174. The Hall–Kier alpha value is -2.30. The van der Waals surface area contributed by atoms with Gasteiger partial charge in [-0.2, -0.15) is 5.10 Å². The Bertz CT molecular complexity index is 703. The second-order valence-corrected chi connectivity index (χ2v) is 7.01. The van der Waals surface area contributed by atoms with Gasteiger partial charge < -0.3 is 10.2 Å². The van der Waals surface area contributed by atoms with E-state index >= 15 is 0 Å². The first-order valence-electron chi connectivity index (χ1n) is 8.79. The summed E-state index contributed by atoms with van der Waals surface area (Å²) in [5.74, 6) is 0.890. The Morgan fingerprint density at radius 2 is 1.96 bits per heavy atom. The zero-order valence-corrected chi connectivity index (χ0v) is 14.1. The molecule has 1 aromatic heterocycles. The highest BCUT2D eigenvalue weighted by Gasteiger charge is 2.46. The second-order valence-electron chi connectivity index (χ2n) is 7.01. The molecule has 2 heterocycles. The van der Waals surface area contributed by atoms with Gasteiger partial charge in [-0.1, -0.05) is 18.2 Å². The largest absolute Gasteiger partial charge is 0.382 e. The van der Waals surface area contributed by atoms with Gasteiger partial charge in [-0.05, 0) is 42.9 Å². The lowest BCUT2D eigenvalue weighted by Gasteiger charge is -2.33. The third-order valence-electron chi connectivity index (χ3n) is 5.21. The van der Waals surface area contributed by atoms with E-state index in [0.717, 1.165) is 32.4 Å². The number of benzene rings is 1. The van der Waals surface area contributed by atoms with Crippen molar-refractivity contribution in [3.05, 3.63) is 48.3 Å². The molecule has 0 bridgehead atoms. The van der Waals surface area contributed by atoms with Gasteiger partial charge in [0.1, 0.15) is 0 Å². The summed E-state index contributed by atoms with van der Waals surface area (Å²) in [5.41, 5.74) is 2.37. The maximum atomic E-state index is 12.7. The molecule has 0 spiro atoms. The fourth-order valence-electron chi connectivity index (χ4n) is 3.72. The van der Waals surface area contributed by atoms with Gasteiger partial charge in [-0.3, -0.25) is 9.48 Å². The standard InChI is InChI=1S/C19H24N4O/c1-22-13-14(12-20-22)17-11-18(17)19(24)23-9-7-16(8-10-23)21-15-5-3-2-4-6-15/h2-6,12-13,16-18,21H,7-11H2,1H3/t17-,18+/m1/s1. The Morgan fingerprint density at radius 1 is 1.21 bits per heavy atom. The molecule has 2 atom stereocenters. The minimum absolute atomic E-state index is 0.174. The van der Waals surface area contributed by atoms with E-state index < -0.39 is 0 Å². The van der Waals surface area contributed by atoms with Crippen molar-refractivity contribution in [1.29, 1.82) is 0 Å². The summed E-state index contributed by atoms with van der Waals surface area (Å²) in [4.78, 5) is 14.8. The lowest BCUT2D eigenvalue weighted by molar-refractivity contribution is -0.133. The monoisotopic (exact) mass is 324 g/mol. The van der Waals surface area contributed by atoms with E-state index in [2.05, 4.69) is 27.4 Å². The fraction of sp³-hybridized carbons (Fsp3) is 0.474. The van der Waals surface area contributed by atoms with Crippen LogP contribution in [0.4, 0.5) is 5.69 Å². The number of hydrogen-bond acceptors (Lipinski definition) is 3. The van der Waals surface area contributed by atoms with Crippen LogP contribution in [-0.2, 0) is 11.8 Å². The molecule has 2 aliphatic rings. The zero-order chi connectivity index (χ0) is 16.5. The molecule has 1 N–H and O–H groups in total. The molecular formula is C19H24N4O. The van der Waals surface area contributed by atoms with Crippen LogP contribution in [0.25, 0.3) is 0 Å². The fourth-order valence-corrected chi connectivity index (χ4v) is 3.72. The number of likely N-dealkylation sites (tertiary alicyclic amines) is 1. The van der Waals surface area contributed by atoms with Gasteiger partial charge in [-0.15, -0.1) is 0 Å². The number of para-hydroxylation sites is 1. The van der Waals surface area contributed by atoms with Crippen LogP contribution in [0.1, 0.15) is 30.7 Å².